The topological polar surface area (TPSA) is 75.9 Å². The van der Waals surface area contributed by atoms with Crippen LogP contribution in [0.1, 0.15) is 38.5 Å². The highest BCUT2D eigenvalue weighted by molar-refractivity contribution is 6.43. The Labute approximate surface area is 169 Å². The Bertz CT molecular complexity index is 849. The minimum atomic E-state index is 0.141. The van der Waals surface area contributed by atoms with Gasteiger partial charge < -0.3 is 16.4 Å². The van der Waals surface area contributed by atoms with E-state index >= 15 is 0 Å². The zero-order valence-electron chi connectivity index (χ0n) is 15.0. The molecule has 142 valence electrons. The number of aromatic nitrogens is 2. The number of benzene rings is 1. The van der Waals surface area contributed by atoms with Crippen LogP contribution in [0.25, 0.3) is 0 Å². The van der Waals surface area contributed by atoms with Crippen molar-refractivity contribution >= 4 is 46.2 Å². The van der Waals surface area contributed by atoms with Crippen LogP contribution in [0.2, 0.25) is 10.0 Å². The van der Waals surface area contributed by atoms with Crippen molar-refractivity contribution in [3.63, 3.8) is 0 Å². The minimum absolute atomic E-state index is 0.141. The first kappa shape index (κ1) is 17.4. The molecule has 1 aromatic carbocycles. The van der Waals surface area contributed by atoms with Gasteiger partial charge in [0.1, 0.15) is 12.0 Å². The molecule has 0 unspecified atom stereocenters. The van der Waals surface area contributed by atoms with E-state index in [-0.39, 0.29) is 5.54 Å². The van der Waals surface area contributed by atoms with Crippen LogP contribution < -0.4 is 16.4 Å². The molecule has 4 aliphatic carbocycles. The van der Waals surface area contributed by atoms with Crippen LogP contribution in [0.15, 0.2) is 24.5 Å². The Balaban J connectivity index is 1.41. The maximum absolute atomic E-state index is 6.42. The van der Waals surface area contributed by atoms with E-state index in [4.69, 9.17) is 28.9 Å². The average Bonchev–Trinajstić information content (AvgIpc) is 2.61. The van der Waals surface area contributed by atoms with Crippen LogP contribution in [-0.4, -0.2) is 15.5 Å². The van der Waals surface area contributed by atoms with Gasteiger partial charge in [-0.25, -0.2) is 9.97 Å². The van der Waals surface area contributed by atoms with Crippen LogP contribution in [0.4, 0.5) is 23.0 Å². The number of hydrogen-bond acceptors (Lipinski definition) is 5. The third-order valence-corrected chi connectivity index (χ3v) is 7.33. The van der Waals surface area contributed by atoms with E-state index in [1.165, 1.54) is 38.5 Å². The molecule has 6 rings (SSSR count). The van der Waals surface area contributed by atoms with Crippen molar-refractivity contribution in [1.82, 2.24) is 9.97 Å². The number of nitrogens with two attached hydrogens (primary N) is 1. The van der Waals surface area contributed by atoms with Crippen molar-refractivity contribution in [3.8, 4) is 0 Å². The number of nitrogens with zero attached hydrogens (tertiary/aromatic N) is 2. The van der Waals surface area contributed by atoms with Crippen LogP contribution >= 0.6 is 23.2 Å². The van der Waals surface area contributed by atoms with Crippen LogP contribution in [-0.2, 0) is 0 Å². The summed E-state index contributed by atoms with van der Waals surface area (Å²) in [6, 6.07) is 5.43. The Morgan fingerprint density at radius 1 is 0.963 bits per heavy atom. The van der Waals surface area contributed by atoms with Crippen LogP contribution in [0.3, 0.4) is 0 Å². The molecule has 5 nitrogen and oxygen atoms in total. The van der Waals surface area contributed by atoms with Crippen molar-refractivity contribution in [1.29, 1.82) is 0 Å². The molecule has 0 amide bonds. The highest BCUT2D eigenvalue weighted by Gasteiger charge is 2.51. The van der Waals surface area contributed by atoms with Gasteiger partial charge in [0.2, 0.25) is 0 Å². The number of anilines is 4. The van der Waals surface area contributed by atoms with Gasteiger partial charge in [-0.1, -0.05) is 29.3 Å². The highest BCUT2D eigenvalue weighted by atomic mass is 35.5. The van der Waals surface area contributed by atoms with Gasteiger partial charge in [-0.2, -0.15) is 0 Å². The Morgan fingerprint density at radius 2 is 1.59 bits per heavy atom. The number of halogens is 2. The molecule has 0 radical (unpaired) electrons. The number of rotatable bonds is 4. The first-order valence-electron chi connectivity index (χ1n) is 9.61. The summed E-state index contributed by atoms with van der Waals surface area (Å²) in [6.45, 7) is 0. The standard InChI is InChI=1S/C20H23Cl2N5/c21-14-2-1-3-15(16(14)22)26-18-17(23)19(25-10-24-18)27-20-7-11-4-12(8-20)6-13(5-11)9-20/h1-3,10-13H,4-9,23H2,(H2,24,25,26,27). The normalized spacial score (nSPS) is 31.1. The summed E-state index contributed by atoms with van der Waals surface area (Å²) in [5.74, 6) is 3.83. The highest BCUT2D eigenvalue weighted by Crippen LogP contribution is 2.56. The molecule has 0 saturated heterocycles. The van der Waals surface area contributed by atoms with Crippen molar-refractivity contribution in [2.45, 2.75) is 44.1 Å². The molecule has 27 heavy (non-hydrogen) atoms. The van der Waals surface area contributed by atoms with Gasteiger partial charge >= 0.3 is 0 Å². The van der Waals surface area contributed by atoms with E-state index in [2.05, 4.69) is 20.6 Å². The molecular formula is C20H23Cl2N5. The monoisotopic (exact) mass is 403 g/mol. The average molecular weight is 404 g/mol. The number of hydrogen-bond donors (Lipinski definition) is 3. The van der Waals surface area contributed by atoms with Gasteiger partial charge in [0.25, 0.3) is 0 Å². The second-order valence-electron chi connectivity index (χ2n) is 8.53. The molecule has 4 bridgehead atoms. The molecule has 1 heterocycles. The summed E-state index contributed by atoms with van der Waals surface area (Å²) in [7, 11) is 0. The molecule has 2 aromatic rings. The second kappa shape index (κ2) is 6.42. The molecule has 1 aromatic heterocycles. The lowest BCUT2D eigenvalue weighted by molar-refractivity contribution is 0.0106. The first-order valence-corrected chi connectivity index (χ1v) is 10.4. The number of nitrogen functional groups attached to an aromatic ring is 1. The molecule has 4 saturated carbocycles. The maximum atomic E-state index is 6.42. The van der Waals surface area contributed by atoms with Crippen molar-refractivity contribution in [2.75, 3.05) is 16.4 Å². The molecule has 0 aliphatic heterocycles. The minimum Gasteiger partial charge on any atom is -0.393 e. The summed E-state index contributed by atoms with van der Waals surface area (Å²) in [5.41, 5.74) is 7.76. The smallest absolute Gasteiger partial charge is 0.159 e. The predicted octanol–water partition coefficient (Wildman–Crippen LogP) is 5.49. The van der Waals surface area contributed by atoms with E-state index in [9.17, 15) is 0 Å². The molecule has 7 heteroatoms. The van der Waals surface area contributed by atoms with Gasteiger partial charge in [-0.05, 0) is 68.4 Å². The Hall–Kier alpha value is -1.72. The zero-order chi connectivity index (χ0) is 18.6. The van der Waals surface area contributed by atoms with Gasteiger partial charge in [-0.15, -0.1) is 0 Å². The lowest BCUT2D eigenvalue weighted by atomic mass is 9.53. The van der Waals surface area contributed by atoms with Gasteiger partial charge in [0.15, 0.2) is 11.6 Å². The molecule has 4 aliphatic rings. The Kier molecular flexibility index (Phi) is 4.13. The quantitative estimate of drug-likeness (QED) is 0.628. The fraction of sp³-hybridized carbons (Fsp3) is 0.500. The summed E-state index contributed by atoms with van der Waals surface area (Å²) < 4.78 is 0. The largest absolute Gasteiger partial charge is 0.393 e. The Morgan fingerprint density at radius 3 is 2.26 bits per heavy atom. The molecule has 4 fully saturated rings. The van der Waals surface area contributed by atoms with Gasteiger partial charge in [0.05, 0.1) is 15.7 Å². The van der Waals surface area contributed by atoms with Gasteiger partial charge in [0, 0.05) is 5.54 Å². The summed E-state index contributed by atoms with van der Waals surface area (Å²) in [4.78, 5) is 8.76. The summed E-state index contributed by atoms with van der Waals surface area (Å²) in [5, 5.41) is 7.87. The molecule has 4 N–H and O–H groups in total. The van der Waals surface area contributed by atoms with E-state index < -0.39 is 0 Å². The van der Waals surface area contributed by atoms with Gasteiger partial charge in [-0.3, -0.25) is 0 Å². The van der Waals surface area contributed by atoms with Crippen molar-refractivity contribution in [2.24, 2.45) is 17.8 Å². The zero-order valence-corrected chi connectivity index (χ0v) is 16.5. The maximum Gasteiger partial charge on any atom is 0.159 e. The van der Waals surface area contributed by atoms with Crippen molar-refractivity contribution in [3.05, 3.63) is 34.6 Å². The van der Waals surface area contributed by atoms with Crippen LogP contribution in [0, 0.1) is 17.8 Å². The number of nitrogens with one attached hydrogen (secondary N) is 2. The van der Waals surface area contributed by atoms with E-state index in [0.717, 1.165) is 17.8 Å². The first-order chi connectivity index (χ1) is 13.0. The lowest BCUT2D eigenvalue weighted by Crippen LogP contribution is -2.55. The predicted molar refractivity (Wildman–Crippen MR) is 111 cm³/mol. The third-order valence-electron chi connectivity index (χ3n) is 6.51. The third kappa shape index (κ3) is 3.11. The second-order valence-corrected chi connectivity index (χ2v) is 9.32. The summed E-state index contributed by atoms with van der Waals surface area (Å²) in [6.07, 6.45) is 9.43. The fourth-order valence-electron chi connectivity index (χ4n) is 5.84. The van der Waals surface area contributed by atoms with E-state index in [0.29, 0.717) is 33.1 Å². The van der Waals surface area contributed by atoms with Crippen LogP contribution in [0.5, 0.6) is 0 Å². The fourth-order valence-corrected chi connectivity index (χ4v) is 6.19. The van der Waals surface area contributed by atoms with E-state index in [1.807, 2.05) is 12.1 Å². The van der Waals surface area contributed by atoms with E-state index in [1.54, 1.807) is 12.4 Å². The molecule has 0 atom stereocenters. The SMILES string of the molecule is Nc1c(Nc2cccc(Cl)c2Cl)ncnc1NC12CC3CC(CC(C3)C1)C2. The van der Waals surface area contributed by atoms with Crippen molar-refractivity contribution < 1.29 is 0 Å². The molecule has 0 spiro atoms. The molecular weight excluding hydrogens is 381 g/mol. The summed E-state index contributed by atoms with van der Waals surface area (Å²) >= 11 is 12.4. The lowest BCUT2D eigenvalue weighted by Gasteiger charge is -2.57.